The third-order valence-corrected chi connectivity index (χ3v) is 4.99. The van der Waals surface area contributed by atoms with Crippen molar-refractivity contribution in [2.75, 3.05) is 20.2 Å². The van der Waals surface area contributed by atoms with Crippen LogP contribution in [-0.2, 0) is 14.8 Å². The van der Waals surface area contributed by atoms with Gasteiger partial charge in [-0.15, -0.1) is 0 Å². The van der Waals surface area contributed by atoms with E-state index in [9.17, 15) is 13.2 Å². The maximum Gasteiger partial charge on any atom is 0.337 e. The van der Waals surface area contributed by atoms with Gasteiger partial charge in [-0.1, -0.05) is 6.42 Å². The largest absolute Gasteiger partial charge is 0.465 e. The van der Waals surface area contributed by atoms with Gasteiger partial charge in [0.2, 0.25) is 10.0 Å². The molecule has 0 radical (unpaired) electrons. The Balaban J connectivity index is 2.09. The molecule has 0 aliphatic carbocycles. The normalized spacial score (nSPS) is 19.8. The van der Waals surface area contributed by atoms with Crippen LogP contribution in [0.5, 0.6) is 0 Å². The lowest BCUT2D eigenvalue weighted by Crippen LogP contribution is -2.40. The minimum atomic E-state index is -3.57. The van der Waals surface area contributed by atoms with Gasteiger partial charge in [0.25, 0.3) is 0 Å². The van der Waals surface area contributed by atoms with Gasteiger partial charge in [-0.2, -0.15) is 0 Å². The summed E-state index contributed by atoms with van der Waals surface area (Å²) in [5.74, 6) is -0.486. The smallest absolute Gasteiger partial charge is 0.337 e. The van der Waals surface area contributed by atoms with Crippen molar-refractivity contribution in [1.29, 1.82) is 0 Å². The number of nitrogens with one attached hydrogen (secondary N) is 2. The van der Waals surface area contributed by atoms with Crippen molar-refractivity contribution in [3.8, 4) is 0 Å². The molecule has 1 aliphatic heterocycles. The van der Waals surface area contributed by atoms with E-state index >= 15 is 0 Å². The molecule has 7 heteroatoms. The van der Waals surface area contributed by atoms with Crippen LogP contribution < -0.4 is 10.0 Å². The molecule has 0 aromatic heterocycles. The second-order valence-electron chi connectivity index (χ2n) is 5.03. The Hall–Kier alpha value is -1.44. The molecular formula is C14H20N2O4S. The second-order valence-corrected chi connectivity index (χ2v) is 6.75. The van der Waals surface area contributed by atoms with Crippen LogP contribution in [0, 0.1) is 0 Å². The first-order valence-corrected chi connectivity index (χ1v) is 8.42. The molecule has 2 N–H and O–H groups in total. The monoisotopic (exact) mass is 312 g/mol. The van der Waals surface area contributed by atoms with Crippen LogP contribution in [0.15, 0.2) is 29.2 Å². The first-order chi connectivity index (χ1) is 10.0. The van der Waals surface area contributed by atoms with Crippen LogP contribution in [0.4, 0.5) is 0 Å². The fourth-order valence-corrected chi connectivity index (χ4v) is 3.57. The van der Waals surface area contributed by atoms with Gasteiger partial charge in [-0.05, 0) is 43.7 Å². The van der Waals surface area contributed by atoms with Crippen molar-refractivity contribution in [2.24, 2.45) is 0 Å². The maximum absolute atomic E-state index is 12.3. The highest BCUT2D eigenvalue weighted by Crippen LogP contribution is 2.13. The van der Waals surface area contributed by atoms with Gasteiger partial charge in [0.1, 0.15) is 0 Å². The first kappa shape index (κ1) is 15.9. The lowest BCUT2D eigenvalue weighted by Gasteiger charge is -2.16. The average Bonchev–Trinajstić information content (AvgIpc) is 2.74. The number of sulfonamides is 1. The topological polar surface area (TPSA) is 84.5 Å². The van der Waals surface area contributed by atoms with E-state index in [1.807, 2.05) is 0 Å². The minimum Gasteiger partial charge on any atom is -0.465 e. The number of carbonyl (C=O) groups excluding carboxylic acids is 1. The van der Waals surface area contributed by atoms with Crippen molar-refractivity contribution in [2.45, 2.75) is 30.2 Å². The molecule has 116 valence electrons. The molecular weight excluding hydrogens is 292 g/mol. The van der Waals surface area contributed by atoms with E-state index in [1.165, 1.54) is 31.4 Å². The Bertz CT molecular complexity index is 575. The summed E-state index contributed by atoms with van der Waals surface area (Å²) >= 11 is 0. The highest BCUT2D eigenvalue weighted by molar-refractivity contribution is 7.89. The number of benzene rings is 1. The third-order valence-electron chi connectivity index (χ3n) is 3.45. The fourth-order valence-electron chi connectivity index (χ4n) is 2.30. The second kappa shape index (κ2) is 7.02. The van der Waals surface area contributed by atoms with Gasteiger partial charge in [0, 0.05) is 12.6 Å². The zero-order chi connectivity index (χ0) is 15.3. The van der Waals surface area contributed by atoms with Crippen LogP contribution in [-0.4, -0.2) is 40.6 Å². The van der Waals surface area contributed by atoms with Crippen LogP contribution >= 0.6 is 0 Å². The Morgan fingerprint density at radius 1 is 1.29 bits per heavy atom. The van der Waals surface area contributed by atoms with E-state index in [-0.39, 0.29) is 10.9 Å². The molecule has 2 rings (SSSR count). The van der Waals surface area contributed by atoms with Gasteiger partial charge in [0.15, 0.2) is 0 Å². The summed E-state index contributed by atoms with van der Waals surface area (Å²) in [5.41, 5.74) is 0.326. The summed E-state index contributed by atoms with van der Waals surface area (Å²) in [7, 11) is -2.28. The number of rotatable bonds is 4. The van der Waals surface area contributed by atoms with Crippen molar-refractivity contribution in [1.82, 2.24) is 10.0 Å². The Kier molecular flexibility index (Phi) is 5.33. The number of hydrogen-bond donors (Lipinski definition) is 2. The summed E-state index contributed by atoms with van der Waals surface area (Å²) in [4.78, 5) is 11.5. The molecule has 1 aromatic rings. The third kappa shape index (κ3) is 4.26. The summed E-state index contributed by atoms with van der Waals surface area (Å²) in [5, 5.41) is 3.21. The van der Waals surface area contributed by atoms with Gasteiger partial charge in [-0.3, -0.25) is 0 Å². The number of ether oxygens (including phenoxy) is 1. The highest BCUT2D eigenvalue weighted by atomic mass is 32.2. The standard InChI is InChI=1S/C14H20N2O4S/c1-20-14(17)11-5-7-13(8-6-11)21(18,19)16-12-4-2-3-9-15-10-12/h5-8,12,15-16H,2-4,9-10H2,1H3. The number of methoxy groups -OCH3 is 1. The van der Waals surface area contributed by atoms with Gasteiger partial charge < -0.3 is 10.1 Å². The van der Waals surface area contributed by atoms with Gasteiger partial charge >= 0.3 is 5.97 Å². The summed E-state index contributed by atoms with van der Waals surface area (Å²) < 4.78 is 31.9. The van der Waals surface area contributed by atoms with E-state index in [0.29, 0.717) is 12.1 Å². The molecule has 6 nitrogen and oxygen atoms in total. The predicted molar refractivity (Wildman–Crippen MR) is 78.6 cm³/mol. The minimum absolute atomic E-state index is 0.0993. The Morgan fingerprint density at radius 3 is 2.67 bits per heavy atom. The van der Waals surface area contributed by atoms with Crippen molar-refractivity contribution < 1.29 is 17.9 Å². The number of hydrogen-bond acceptors (Lipinski definition) is 5. The Labute approximate surface area is 124 Å². The molecule has 1 heterocycles. The average molecular weight is 312 g/mol. The highest BCUT2D eigenvalue weighted by Gasteiger charge is 2.21. The zero-order valence-corrected chi connectivity index (χ0v) is 12.8. The molecule has 21 heavy (non-hydrogen) atoms. The molecule has 0 bridgehead atoms. The van der Waals surface area contributed by atoms with E-state index in [2.05, 4.69) is 14.8 Å². The van der Waals surface area contributed by atoms with Crippen LogP contribution in [0.25, 0.3) is 0 Å². The molecule has 1 saturated heterocycles. The summed E-state index contributed by atoms with van der Waals surface area (Å²) in [6.07, 6.45) is 2.89. The van der Waals surface area contributed by atoms with Crippen molar-refractivity contribution in [3.05, 3.63) is 29.8 Å². The fraction of sp³-hybridized carbons (Fsp3) is 0.500. The number of carbonyl (C=O) groups is 1. The lowest BCUT2D eigenvalue weighted by atomic mass is 10.2. The van der Waals surface area contributed by atoms with Crippen LogP contribution in [0.3, 0.4) is 0 Å². The van der Waals surface area contributed by atoms with E-state index in [4.69, 9.17) is 0 Å². The van der Waals surface area contributed by atoms with Crippen molar-refractivity contribution >= 4 is 16.0 Å². The van der Waals surface area contributed by atoms with Crippen LogP contribution in [0.1, 0.15) is 29.6 Å². The molecule has 1 unspecified atom stereocenters. The predicted octanol–water partition coefficient (Wildman–Crippen LogP) is 0.894. The molecule has 1 atom stereocenters. The molecule has 0 saturated carbocycles. The first-order valence-electron chi connectivity index (χ1n) is 6.94. The van der Waals surface area contributed by atoms with E-state index in [1.54, 1.807) is 0 Å². The molecule has 0 amide bonds. The van der Waals surface area contributed by atoms with Crippen molar-refractivity contribution in [3.63, 3.8) is 0 Å². The molecule has 1 fully saturated rings. The quantitative estimate of drug-likeness (QED) is 0.807. The SMILES string of the molecule is COC(=O)c1ccc(S(=O)(=O)NC2CCCCNC2)cc1. The summed E-state index contributed by atoms with van der Waals surface area (Å²) in [6.45, 7) is 1.56. The van der Waals surface area contributed by atoms with E-state index in [0.717, 1.165) is 25.8 Å². The maximum atomic E-state index is 12.3. The van der Waals surface area contributed by atoms with Gasteiger partial charge in [0.05, 0.1) is 17.6 Å². The number of esters is 1. The summed E-state index contributed by atoms with van der Waals surface area (Å²) in [6, 6.07) is 5.63. The molecule has 0 spiro atoms. The van der Waals surface area contributed by atoms with Crippen LogP contribution in [0.2, 0.25) is 0 Å². The molecule has 1 aliphatic rings. The lowest BCUT2D eigenvalue weighted by molar-refractivity contribution is 0.0600. The van der Waals surface area contributed by atoms with Gasteiger partial charge in [-0.25, -0.2) is 17.9 Å². The zero-order valence-electron chi connectivity index (χ0n) is 12.0. The molecule has 1 aromatic carbocycles. The Morgan fingerprint density at radius 2 is 2.00 bits per heavy atom. The van der Waals surface area contributed by atoms with E-state index < -0.39 is 16.0 Å².